The van der Waals surface area contributed by atoms with Crippen molar-refractivity contribution in [3.05, 3.63) is 30.0 Å². The van der Waals surface area contributed by atoms with Gasteiger partial charge in [0.2, 0.25) is 0 Å². The van der Waals surface area contributed by atoms with Crippen LogP contribution in [0.25, 0.3) is 10.9 Å². The molecule has 1 aliphatic heterocycles. The largest absolute Gasteiger partial charge is 0.315 e. The van der Waals surface area contributed by atoms with Gasteiger partial charge in [0.25, 0.3) is 0 Å². The van der Waals surface area contributed by atoms with Crippen LogP contribution in [0.5, 0.6) is 0 Å². The third-order valence-electron chi connectivity index (χ3n) is 3.84. The lowest BCUT2D eigenvalue weighted by Gasteiger charge is -2.17. The van der Waals surface area contributed by atoms with Crippen LogP contribution >= 0.6 is 0 Å². The van der Waals surface area contributed by atoms with Crippen molar-refractivity contribution in [1.82, 2.24) is 20.0 Å². The maximum atomic E-state index is 4.79. The Hall–Kier alpha value is -1.39. The normalized spacial score (nSPS) is 17.7. The topological polar surface area (TPSA) is 33.1 Å². The SMILES string of the molecule is CCn1nc(CN2CCCNCC2)c2ccccc21. The van der Waals surface area contributed by atoms with Gasteiger partial charge in [-0.05, 0) is 32.5 Å². The van der Waals surface area contributed by atoms with Crippen LogP contribution < -0.4 is 5.32 Å². The van der Waals surface area contributed by atoms with Gasteiger partial charge in [0.05, 0.1) is 11.2 Å². The number of fused-ring (bicyclic) bond motifs is 1. The molecule has 0 atom stereocenters. The van der Waals surface area contributed by atoms with Crippen LogP contribution in [-0.2, 0) is 13.1 Å². The van der Waals surface area contributed by atoms with Crippen LogP contribution in [0, 0.1) is 0 Å². The van der Waals surface area contributed by atoms with Crippen molar-refractivity contribution < 1.29 is 0 Å². The highest BCUT2D eigenvalue weighted by molar-refractivity contribution is 5.81. The van der Waals surface area contributed by atoms with Crippen LogP contribution in [0.1, 0.15) is 19.0 Å². The molecule has 19 heavy (non-hydrogen) atoms. The Morgan fingerprint density at radius 2 is 2.11 bits per heavy atom. The van der Waals surface area contributed by atoms with Gasteiger partial charge < -0.3 is 5.32 Å². The van der Waals surface area contributed by atoms with E-state index in [0.717, 1.165) is 32.7 Å². The van der Waals surface area contributed by atoms with Crippen molar-refractivity contribution in [3.63, 3.8) is 0 Å². The highest BCUT2D eigenvalue weighted by atomic mass is 15.3. The van der Waals surface area contributed by atoms with Crippen molar-refractivity contribution in [2.24, 2.45) is 0 Å². The van der Waals surface area contributed by atoms with Gasteiger partial charge in [-0.1, -0.05) is 18.2 Å². The predicted molar refractivity (Wildman–Crippen MR) is 78.2 cm³/mol. The van der Waals surface area contributed by atoms with E-state index in [1.54, 1.807) is 0 Å². The summed E-state index contributed by atoms with van der Waals surface area (Å²) < 4.78 is 2.11. The Kier molecular flexibility index (Phi) is 3.80. The van der Waals surface area contributed by atoms with Crippen LogP contribution in [0.3, 0.4) is 0 Å². The quantitative estimate of drug-likeness (QED) is 0.912. The van der Waals surface area contributed by atoms with E-state index in [1.807, 2.05) is 0 Å². The second kappa shape index (κ2) is 5.72. The maximum absolute atomic E-state index is 4.79. The monoisotopic (exact) mass is 258 g/mol. The molecule has 1 aromatic carbocycles. The summed E-state index contributed by atoms with van der Waals surface area (Å²) in [4.78, 5) is 2.51. The van der Waals surface area contributed by atoms with E-state index in [9.17, 15) is 0 Å². The van der Waals surface area contributed by atoms with Crippen molar-refractivity contribution >= 4 is 10.9 Å². The summed E-state index contributed by atoms with van der Waals surface area (Å²) in [5.74, 6) is 0. The highest BCUT2D eigenvalue weighted by Crippen LogP contribution is 2.20. The Labute approximate surface area is 114 Å². The number of benzene rings is 1. The first kappa shape index (κ1) is 12.6. The number of nitrogens with zero attached hydrogens (tertiary/aromatic N) is 3. The number of rotatable bonds is 3. The summed E-state index contributed by atoms with van der Waals surface area (Å²) in [5, 5.41) is 9.54. The molecule has 4 nitrogen and oxygen atoms in total. The molecule has 0 spiro atoms. The molecule has 1 saturated heterocycles. The molecule has 1 N–H and O–H groups in total. The van der Waals surface area contributed by atoms with E-state index in [2.05, 4.69) is 46.1 Å². The highest BCUT2D eigenvalue weighted by Gasteiger charge is 2.14. The Morgan fingerprint density at radius 3 is 3.00 bits per heavy atom. The molecular weight excluding hydrogens is 236 g/mol. The zero-order valence-corrected chi connectivity index (χ0v) is 11.6. The van der Waals surface area contributed by atoms with E-state index in [-0.39, 0.29) is 0 Å². The molecule has 0 saturated carbocycles. The van der Waals surface area contributed by atoms with Crippen LogP contribution in [-0.4, -0.2) is 40.9 Å². The molecule has 0 unspecified atom stereocenters. The van der Waals surface area contributed by atoms with Crippen molar-refractivity contribution in [2.75, 3.05) is 26.2 Å². The van der Waals surface area contributed by atoms with E-state index in [1.165, 1.54) is 29.6 Å². The average Bonchev–Trinajstić information content (AvgIpc) is 2.62. The number of para-hydroxylation sites is 1. The standard InChI is InChI=1S/C15H22N4/c1-2-19-15-7-4-3-6-13(15)14(17-19)12-18-10-5-8-16-9-11-18/h3-4,6-7,16H,2,5,8-12H2,1H3. The van der Waals surface area contributed by atoms with Crippen molar-refractivity contribution in [2.45, 2.75) is 26.4 Å². The minimum Gasteiger partial charge on any atom is -0.315 e. The fraction of sp³-hybridized carbons (Fsp3) is 0.533. The zero-order valence-electron chi connectivity index (χ0n) is 11.6. The molecule has 102 valence electrons. The third-order valence-corrected chi connectivity index (χ3v) is 3.84. The molecule has 2 heterocycles. The minimum absolute atomic E-state index is 0.933. The van der Waals surface area contributed by atoms with E-state index in [4.69, 9.17) is 5.10 Å². The van der Waals surface area contributed by atoms with E-state index >= 15 is 0 Å². The second-order valence-corrected chi connectivity index (χ2v) is 5.16. The summed E-state index contributed by atoms with van der Waals surface area (Å²) in [6, 6.07) is 8.56. The van der Waals surface area contributed by atoms with Crippen LogP contribution in [0.15, 0.2) is 24.3 Å². The summed E-state index contributed by atoms with van der Waals surface area (Å²) in [7, 11) is 0. The molecule has 0 amide bonds. The zero-order chi connectivity index (χ0) is 13.1. The van der Waals surface area contributed by atoms with Gasteiger partial charge in [0, 0.05) is 31.6 Å². The Balaban J connectivity index is 1.87. The number of nitrogens with one attached hydrogen (secondary N) is 1. The molecular formula is C15H22N4. The number of hydrogen-bond donors (Lipinski definition) is 1. The van der Waals surface area contributed by atoms with Gasteiger partial charge in [-0.25, -0.2) is 0 Å². The second-order valence-electron chi connectivity index (χ2n) is 5.16. The lowest BCUT2D eigenvalue weighted by molar-refractivity contribution is 0.281. The van der Waals surface area contributed by atoms with Crippen molar-refractivity contribution in [1.29, 1.82) is 0 Å². The van der Waals surface area contributed by atoms with Gasteiger partial charge in [-0.3, -0.25) is 9.58 Å². The molecule has 1 aliphatic rings. The Morgan fingerprint density at radius 1 is 1.21 bits per heavy atom. The van der Waals surface area contributed by atoms with Gasteiger partial charge in [-0.2, -0.15) is 5.10 Å². The van der Waals surface area contributed by atoms with Gasteiger partial charge in [0.15, 0.2) is 0 Å². The molecule has 0 bridgehead atoms. The van der Waals surface area contributed by atoms with Gasteiger partial charge in [-0.15, -0.1) is 0 Å². The smallest absolute Gasteiger partial charge is 0.0843 e. The predicted octanol–water partition coefficient (Wildman–Crippen LogP) is 1.85. The number of aromatic nitrogens is 2. The van der Waals surface area contributed by atoms with Crippen LogP contribution in [0.4, 0.5) is 0 Å². The Bertz CT molecular complexity index is 538. The minimum atomic E-state index is 0.933. The fourth-order valence-electron chi connectivity index (χ4n) is 2.83. The van der Waals surface area contributed by atoms with E-state index in [0.29, 0.717) is 0 Å². The number of hydrogen-bond acceptors (Lipinski definition) is 3. The first-order chi connectivity index (χ1) is 9.38. The first-order valence-corrected chi connectivity index (χ1v) is 7.26. The summed E-state index contributed by atoms with van der Waals surface area (Å²) in [6.07, 6.45) is 1.23. The van der Waals surface area contributed by atoms with Gasteiger partial charge >= 0.3 is 0 Å². The summed E-state index contributed by atoms with van der Waals surface area (Å²) in [5.41, 5.74) is 2.48. The first-order valence-electron chi connectivity index (χ1n) is 7.26. The molecule has 1 aromatic heterocycles. The van der Waals surface area contributed by atoms with Crippen LogP contribution in [0.2, 0.25) is 0 Å². The molecule has 3 rings (SSSR count). The lowest BCUT2D eigenvalue weighted by Crippen LogP contribution is -2.27. The molecule has 2 aromatic rings. The van der Waals surface area contributed by atoms with Gasteiger partial charge in [0.1, 0.15) is 0 Å². The summed E-state index contributed by atoms with van der Waals surface area (Å²) >= 11 is 0. The fourth-order valence-corrected chi connectivity index (χ4v) is 2.83. The number of aryl methyl sites for hydroxylation is 1. The van der Waals surface area contributed by atoms with Crippen molar-refractivity contribution in [3.8, 4) is 0 Å². The molecule has 0 aliphatic carbocycles. The summed E-state index contributed by atoms with van der Waals surface area (Å²) in [6.45, 7) is 8.57. The molecule has 0 radical (unpaired) electrons. The maximum Gasteiger partial charge on any atom is 0.0843 e. The average molecular weight is 258 g/mol. The molecule has 4 heteroatoms. The molecule has 1 fully saturated rings. The lowest BCUT2D eigenvalue weighted by atomic mass is 10.2. The third kappa shape index (κ3) is 2.65. The van der Waals surface area contributed by atoms with E-state index < -0.39 is 0 Å².